The number of ether oxygens (including phenoxy) is 6. The van der Waals surface area contributed by atoms with Crippen LogP contribution < -0.4 is 43.4 Å². The van der Waals surface area contributed by atoms with Crippen molar-refractivity contribution < 1.29 is 86.6 Å². The van der Waals surface area contributed by atoms with E-state index in [1.54, 1.807) is 52.0 Å². The van der Waals surface area contributed by atoms with Crippen LogP contribution >= 0.6 is 0 Å². The number of ketones is 4. The summed E-state index contributed by atoms with van der Waals surface area (Å²) in [5, 5.41) is 37.8. The van der Waals surface area contributed by atoms with Crippen molar-refractivity contribution in [3.63, 3.8) is 0 Å². The number of carbonyl (C=O) groups is 10. The van der Waals surface area contributed by atoms with Crippen LogP contribution in [0.25, 0.3) is 0 Å². The van der Waals surface area contributed by atoms with Gasteiger partial charge < -0.3 is 82.0 Å². The lowest BCUT2D eigenvalue weighted by atomic mass is 9.85. The number of carbonyl (C=O) groups excluding carboxylic acids is 10. The highest BCUT2D eigenvalue weighted by atomic mass is 16.6. The molecular weight excluding hydrogens is 1220 g/mol. The first-order chi connectivity index (χ1) is 44.5. The number of rotatable bonds is 12. The number of aliphatic hydroxyl groups is 2. The zero-order valence-corrected chi connectivity index (χ0v) is 55.2. The zero-order chi connectivity index (χ0) is 70.1. The van der Waals surface area contributed by atoms with E-state index in [0.29, 0.717) is 11.1 Å². The van der Waals surface area contributed by atoms with Crippen LogP contribution in [0.15, 0.2) is 160 Å². The Labute approximate surface area is 547 Å². The van der Waals surface area contributed by atoms with Gasteiger partial charge in [-0.1, -0.05) is 113 Å². The van der Waals surface area contributed by atoms with Gasteiger partial charge in [0.15, 0.2) is 12.2 Å². The lowest BCUT2D eigenvalue weighted by Crippen LogP contribution is -2.41. The molecule has 2 aliphatic heterocycles. The van der Waals surface area contributed by atoms with Gasteiger partial charge in [-0.25, -0.2) is 19.2 Å². The molecule has 4 bridgehead atoms. The number of benzene rings is 1. The van der Waals surface area contributed by atoms with Gasteiger partial charge in [0.2, 0.25) is 23.1 Å². The predicted molar refractivity (Wildman–Crippen MR) is 348 cm³/mol. The molecule has 0 aromatic heterocycles. The zero-order valence-electron chi connectivity index (χ0n) is 55.2. The number of fused-ring (bicyclic) bond motifs is 4. The topological polar surface area (TPSA) is 391 Å². The molecule has 0 spiro atoms. The summed E-state index contributed by atoms with van der Waals surface area (Å²) in [6, 6.07) is 7.78. The molecule has 8 amide bonds. The monoisotopic (exact) mass is 1310 g/mol. The van der Waals surface area contributed by atoms with Crippen molar-refractivity contribution in [2.45, 2.75) is 136 Å². The molecule has 26 nitrogen and oxygen atoms in total. The largest absolute Gasteiger partial charge is 0.439 e. The number of Topliss-reactive ketones (excluding diaryl/α,β-unsaturated/α-hetero) is 2. The standard InChI is InChI=1S/C36H46N4O9.C32H44N4O9/c1-20-15-25-30(40-36(46)38-19-24-12-8-7-9-13-24)27(41)18-26(32(25)43)39-34(44)21(2)11-10-14-28(47-5)33(49-35(37)45)23(4)17-22(3)31(42)29(16-20)48-6;1-8-12-34-32(42)36-26-21-13-17(2)14-25(44-7)27(38)19(4)15-20(5)29(45-31(33)41)24(43-6)11-9-10-18(3)30(40)35-22(28(21)39)16-23(26)37/h7-14,17-18,20,22,28-29,31,33,42H,15-16,19H2,1-6H3,(H2,37,45)(H,39,44)(H2,38,40,46);8-11,15-17,19,24-25,27,29,38H,1,12-14H2,2-7H3,(H2,33,41)(H,35,40)(H2,34,36,42)/b14-10-,21-11+,23-17+;11-9-,18-10+,20-15+/t20-,22+,28+,29+,31-,33+;17-,19+,24+,25+,27-,29+/m11/s1. The Balaban J connectivity index is 0.000000402. The summed E-state index contributed by atoms with van der Waals surface area (Å²) in [5.41, 5.74) is 12.1. The Morgan fingerprint density at radius 3 is 1.36 bits per heavy atom. The Kier molecular flexibility index (Phi) is 30.8. The van der Waals surface area contributed by atoms with Crippen molar-refractivity contribution in [3.05, 3.63) is 166 Å². The Morgan fingerprint density at radius 1 is 0.606 bits per heavy atom. The number of nitrogens with one attached hydrogen (secondary N) is 6. The van der Waals surface area contributed by atoms with Gasteiger partial charge in [-0.3, -0.25) is 28.8 Å². The molecule has 0 unspecified atom stereocenters. The van der Waals surface area contributed by atoms with Gasteiger partial charge in [0.05, 0.1) is 47.2 Å². The van der Waals surface area contributed by atoms with Crippen molar-refractivity contribution >= 4 is 59.2 Å². The molecule has 0 radical (unpaired) electrons. The van der Waals surface area contributed by atoms with E-state index in [1.807, 2.05) is 44.2 Å². The highest BCUT2D eigenvalue weighted by molar-refractivity contribution is 6.25. The molecule has 12 N–H and O–H groups in total. The maximum atomic E-state index is 13.8. The van der Waals surface area contributed by atoms with E-state index in [-0.39, 0.29) is 95.7 Å². The summed E-state index contributed by atoms with van der Waals surface area (Å²) in [6.07, 6.45) is 7.43. The molecule has 4 aliphatic rings. The smallest absolute Gasteiger partial charge is 0.405 e. The maximum absolute atomic E-state index is 13.8. The molecule has 2 aliphatic carbocycles. The maximum Gasteiger partial charge on any atom is 0.405 e. The molecule has 1 aromatic carbocycles. The molecule has 26 heteroatoms. The minimum Gasteiger partial charge on any atom is -0.439 e. The summed E-state index contributed by atoms with van der Waals surface area (Å²) < 4.78 is 33.1. The van der Waals surface area contributed by atoms with Crippen LogP contribution in [0.5, 0.6) is 0 Å². The Morgan fingerprint density at radius 2 is 1.00 bits per heavy atom. The number of hydrogen-bond donors (Lipinski definition) is 10. The first-order valence-corrected chi connectivity index (χ1v) is 30.4. The highest BCUT2D eigenvalue weighted by Crippen LogP contribution is 2.31. The SMILES string of the molecule is C=CCNC(=O)NC1=C2C[C@@H](C)C[C@H](OC)[C@H](O)[C@@H](C)/C=C(\C)[C@H](OC(N)=O)[C@@H](OC)/C=C\C=C(/C)C(=O)NC(=CC1=O)C2=O.CO[C@H]1/C=C\C=C(/C)C(=O)NC2=CC(=O)C(NC(=O)NCc3ccccc3)=C(C[C@@H](C)C[C@H](OC)[C@H](O)[C@@H](C)/C=C(\C)[C@@H]1OC(N)=O)C2=O. The Hall–Kier alpha value is -9.18. The predicted octanol–water partition coefficient (Wildman–Crippen LogP) is 5.51. The third-order valence-electron chi connectivity index (χ3n) is 15.8. The molecule has 0 saturated heterocycles. The molecule has 2 heterocycles. The van der Waals surface area contributed by atoms with Crippen LogP contribution in [-0.4, -0.2) is 153 Å². The highest BCUT2D eigenvalue weighted by Gasteiger charge is 2.37. The van der Waals surface area contributed by atoms with Crippen molar-refractivity contribution in [1.29, 1.82) is 0 Å². The van der Waals surface area contributed by atoms with Crippen LogP contribution in [0.2, 0.25) is 0 Å². The quantitative estimate of drug-likeness (QED) is 0.0911. The van der Waals surface area contributed by atoms with E-state index >= 15 is 0 Å². The van der Waals surface area contributed by atoms with E-state index < -0.39 is 120 Å². The van der Waals surface area contributed by atoms with Gasteiger partial charge in [-0.2, -0.15) is 0 Å². The molecular formula is C68H90N8O18. The molecule has 0 fully saturated rings. The minimum atomic E-state index is -1.03. The van der Waals surface area contributed by atoms with Crippen molar-refractivity contribution in [2.24, 2.45) is 35.1 Å². The van der Waals surface area contributed by atoms with Crippen LogP contribution in [0.3, 0.4) is 0 Å². The second-order valence-electron chi connectivity index (χ2n) is 23.3. The van der Waals surface area contributed by atoms with Gasteiger partial charge >= 0.3 is 24.2 Å². The summed E-state index contributed by atoms with van der Waals surface area (Å²) in [4.78, 5) is 129. The van der Waals surface area contributed by atoms with Gasteiger partial charge in [0.25, 0.3) is 11.8 Å². The Bertz CT molecular complexity index is 3320. The van der Waals surface area contributed by atoms with Crippen molar-refractivity contribution in [2.75, 3.05) is 35.0 Å². The van der Waals surface area contributed by atoms with Gasteiger partial charge in [-0.05, 0) is 81.9 Å². The summed E-state index contributed by atoms with van der Waals surface area (Å²) in [7, 11) is 5.72. The number of primary amides is 2. The first kappa shape index (κ1) is 77.3. The van der Waals surface area contributed by atoms with Gasteiger partial charge in [0.1, 0.15) is 12.2 Å². The number of hydrogen-bond acceptors (Lipinski definition) is 18. The second kappa shape index (κ2) is 37.5. The summed E-state index contributed by atoms with van der Waals surface area (Å²) in [6.45, 7) is 17.5. The van der Waals surface area contributed by atoms with E-state index in [2.05, 4.69) is 38.5 Å². The average molecular weight is 1310 g/mol. The van der Waals surface area contributed by atoms with Crippen LogP contribution in [-0.2, 0) is 63.7 Å². The van der Waals surface area contributed by atoms with Crippen LogP contribution in [0, 0.1) is 23.7 Å². The fraction of sp³-hybridized carbons (Fsp3) is 0.441. The van der Waals surface area contributed by atoms with Crippen molar-refractivity contribution in [3.8, 4) is 0 Å². The average Bonchev–Trinajstić information content (AvgIpc) is 0.842. The molecule has 12 atom stereocenters. The number of allylic oxidation sites excluding steroid dienone is 8. The lowest BCUT2D eigenvalue weighted by Gasteiger charge is -2.30. The van der Waals surface area contributed by atoms with E-state index in [9.17, 15) is 58.2 Å². The van der Waals surface area contributed by atoms with Gasteiger partial charge in [-0.15, -0.1) is 6.58 Å². The number of amides is 8. The third kappa shape index (κ3) is 22.8. The second-order valence-corrected chi connectivity index (χ2v) is 23.3. The van der Waals surface area contributed by atoms with Crippen molar-refractivity contribution in [1.82, 2.24) is 31.9 Å². The number of methoxy groups -OCH3 is 4. The molecule has 0 saturated carbocycles. The van der Waals surface area contributed by atoms with Gasteiger partial charge in [0, 0.05) is 87.8 Å². The fourth-order valence-corrected chi connectivity index (χ4v) is 10.7. The number of aliphatic hydroxyl groups excluding tert-OH is 2. The molecule has 5 rings (SSSR count). The molecule has 1 aromatic rings. The summed E-state index contributed by atoms with van der Waals surface area (Å²) >= 11 is 0. The number of urea groups is 2. The number of nitrogens with two attached hydrogens (primary N) is 2. The molecule has 94 heavy (non-hydrogen) atoms. The third-order valence-corrected chi connectivity index (χ3v) is 15.8. The minimum absolute atomic E-state index is 0.000933. The van der Waals surface area contributed by atoms with E-state index in [0.717, 1.165) is 17.7 Å². The van der Waals surface area contributed by atoms with E-state index in [1.165, 1.54) is 72.7 Å². The first-order valence-electron chi connectivity index (χ1n) is 30.4. The van der Waals surface area contributed by atoms with Crippen LogP contribution in [0.4, 0.5) is 19.2 Å². The normalized spacial score (nSPS) is 29.3. The van der Waals surface area contributed by atoms with Crippen LogP contribution in [0.1, 0.15) is 86.6 Å². The molecule has 510 valence electrons. The lowest BCUT2D eigenvalue weighted by molar-refractivity contribution is -0.120. The summed E-state index contributed by atoms with van der Waals surface area (Å²) in [5.74, 6) is -5.58. The van der Waals surface area contributed by atoms with E-state index in [4.69, 9.17) is 39.9 Å². The fourth-order valence-electron chi connectivity index (χ4n) is 10.7.